The van der Waals surface area contributed by atoms with Crippen LogP contribution in [0.2, 0.25) is 0 Å². The molecule has 4 heteroatoms. The molecule has 1 aromatic rings. The molecule has 0 radical (unpaired) electrons. The third-order valence-electron chi connectivity index (χ3n) is 3.08. The van der Waals surface area contributed by atoms with Gasteiger partial charge < -0.3 is 10.2 Å². The molecule has 92 valence electrons. The highest BCUT2D eigenvalue weighted by Crippen LogP contribution is 2.25. The fraction of sp³-hybridized carbons (Fsp3) is 0.462. The van der Waals surface area contributed by atoms with Gasteiger partial charge in [-0.3, -0.25) is 0 Å². The van der Waals surface area contributed by atoms with Gasteiger partial charge in [0.1, 0.15) is 0 Å². The molecule has 1 aromatic carbocycles. The maximum absolute atomic E-state index is 11.9. The third kappa shape index (κ3) is 2.80. The van der Waals surface area contributed by atoms with Crippen molar-refractivity contribution in [2.24, 2.45) is 0 Å². The van der Waals surface area contributed by atoms with Crippen LogP contribution >= 0.6 is 15.9 Å². The topological polar surface area (TPSA) is 32.3 Å². The molecule has 0 saturated carbocycles. The van der Waals surface area contributed by atoms with Crippen LogP contribution in [0.4, 0.5) is 10.5 Å². The second-order valence-electron chi connectivity index (χ2n) is 4.55. The SMILES string of the molecule is Cc1cc(NC(=O)N2CCCC2)cc(C)c1Br. The fourth-order valence-corrected chi connectivity index (χ4v) is 2.37. The zero-order valence-corrected chi connectivity index (χ0v) is 11.8. The number of likely N-dealkylation sites (tertiary alicyclic amines) is 1. The molecule has 1 N–H and O–H groups in total. The van der Waals surface area contributed by atoms with Crippen LogP contribution in [0.1, 0.15) is 24.0 Å². The van der Waals surface area contributed by atoms with Crippen LogP contribution < -0.4 is 5.32 Å². The number of nitrogens with one attached hydrogen (secondary N) is 1. The number of urea groups is 1. The fourth-order valence-electron chi connectivity index (χ4n) is 2.14. The highest BCUT2D eigenvalue weighted by atomic mass is 79.9. The van der Waals surface area contributed by atoms with Gasteiger partial charge in [-0.25, -0.2) is 4.79 Å². The van der Waals surface area contributed by atoms with Gasteiger partial charge in [0.25, 0.3) is 0 Å². The van der Waals surface area contributed by atoms with Crippen molar-refractivity contribution in [1.82, 2.24) is 4.90 Å². The van der Waals surface area contributed by atoms with Crippen LogP contribution in [0.25, 0.3) is 0 Å². The second-order valence-corrected chi connectivity index (χ2v) is 5.34. The molecule has 3 nitrogen and oxygen atoms in total. The Morgan fingerprint density at radius 3 is 2.29 bits per heavy atom. The highest BCUT2D eigenvalue weighted by molar-refractivity contribution is 9.10. The number of rotatable bonds is 1. The molecule has 0 aromatic heterocycles. The second kappa shape index (κ2) is 5.08. The quantitative estimate of drug-likeness (QED) is 0.842. The van der Waals surface area contributed by atoms with Gasteiger partial charge in [0.05, 0.1) is 0 Å². The molecule has 2 rings (SSSR count). The lowest BCUT2D eigenvalue weighted by Crippen LogP contribution is -2.32. The molecular weight excluding hydrogens is 280 g/mol. The van der Waals surface area contributed by atoms with E-state index in [1.807, 2.05) is 30.9 Å². The number of benzene rings is 1. The van der Waals surface area contributed by atoms with Crippen molar-refractivity contribution in [3.63, 3.8) is 0 Å². The lowest BCUT2D eigenvalue weighted by Gasteiger charge is -2.17. The molecule has 0 unspecified atom stereocenters. The van der Waals surface area contributed by atoms with Gasteiger partial charge in [-0.2, -0.15) is 0 Å². The van der Waals surface area contributed by atoms with Crippen molar-refractivity contribution in [2.75, 3.05) is 18.4 Å². The van der Waals surface area contributed by atoms with Crippen molar-refractivity contribution in [2.45, 2.75) is 26.7 Å². The van der Waals surface area contributed by atoms with Gasteiger partial charge in [0.15, 0.2) is 0 Å². The minimum absolute atomic E-state index is 0.0172. The first-order valence-electron chi connectivity index (χ1n) is 5.90. The Balaban J connectivity index is 2.10. The van der Waals surface area contributed by atoms with Gasteiger partial charge >= 0.3 is 6.03 Å². The number of hydrogen-bond acceptors (Lipinski definition) is 1. The van der Waals surface area contributed by atoms with Gasteiger partial charge in [0.2, 0.25) is 0 Å². The number of carbonyl (C=O) groups excluding carboxylic acids is 1. The molecular formula is C13H17BrN2O. The van der Waals surface area contributed by atoms with Crippen molar-refractivity contribution in [3.8, 4) is 0 Å². The zero-order chi connectivity index (χ0) is 12.4. The summed E-state index contributed by atoms with van der Waals surface area (Å²) in [5.74, 6) is 0. The van der Waals surface area contributed by atoms with Crippen molar-refractivity contribution >= 4 is 27.6 Å². The minimum Gasteiger partial charge on any atom is -0.325 e. The maximum Gasteiger partial charge on any atom is 0.321 e. The molecule has 0 bridgehead atoms. The van der Waals surface area contributed by atoms with E-state index >= 15 is 0 Å². The van der Waals surface area contributed by atoms with E-state index in [1.165, 1.54) is 0 Å². The lowest BCUT2D eigenvalue weighted by atomic mass is 10.1. The van der Waals surface area contributed by atoms with E-state index in [9.17, 15) is 4.79 Å². The molecule has 1 fully saturated rings. The monoisotopic (exact) mass is 296 g/mol. The van der Waals surface area contributed by atoms with Crippen LogP contribution in [0, 0.1) is 13.8 Å². The van der Waals surface area contributed by atoms with Gasteiger partial charge in [-0.15, -0.1) is 0 Å². The number of aryl methyl sites for hydroxylation is 2. The standard InChI is InChI=1S/C13H17BrN2O/c1-9-7-11(8-10(2)12(9)14)15-13(17)16-5-3-4-6-16/h7-8H,3-6H2,1-2H3,(H,15,17). The average Bonchev–Trinajstić information content (AvgIpc) is 2.79. The summed E-state index contributed by atoms with van der Waals surface area (Å²) in [5.41, 5.74) is 3.16. The average molecular weight is 297 g/mol. The summed E-state index contributed by atoms with van der Waals surface area (Å²) in [4.78, 5) is 13.8. The number of anilines is 1. The van der Waals surface area contributed by atoms with E-state index < -0.39 is 0 Å². The smallest absolute Gasteiger partial charge is 0.321 e. The first kappa shape index (κ1) is 12.4. The lowest BCUT2D eigenvalue weighted by molar-refractivity contribution is 0.222. The highest BCUT2D eigenvalue weighted by Gasteiger charge is 2.17. The van der Waals surface area contributed by atoms with E-state index in [2.05, 4.69) is 21.2 Å². The van der Waals surface area contributed by atoms with Gasteiger partial charge in [-0.05, 0) is 49.9 Å². The van der Waals surface area contributed by atoms with Crippen LogP contribution in [0.3, 0.4) is 0 Å². The first-order valence-corrected chi connectivity index (χ1v) is 6.70. The summed E-state index contributed by atoms with van der Waals surface area (Å²) < 4.78 is 1.11. The molecule has 0 spiro atoms. The first-order chi connectivity index (χ1) is 8.08. The summed E-state index contributed by atoms with van der Waals surface area (Å²) in [5, 5.41) is 2.96. The van der Waals surface area contributed by atoms with Gasteiger partial charge in [-0.1, -0.05) is 15.9 Å². The van der Waals surface area contributed by atoms with Crippen molar-refractivity contribution in [1.29, 1.82) is 0 Å². The van der Waals surface area contributed by atoms with E-state index in [-0.39, 0.29) is 6.03 Å². The number of amides is 2. The minimum atomic E-state index is 0.0172. The summed E-state index contributed by atoms with van der Waals surface area (Å²) in [7, 11) is 0. The zero-order valence-electron chi connectivity index (χ0n) is 10.2. The van der Waals surface area contributed by atoms with Crippen molar-refractivity contribution in [3.05, 3.63) is 27.7 Å². The predicted octanol–water partition coefficient (Wildman–Crippen LogP) is 3.69. The Labute approximate surface area is 110 Å². The molecule has 0 atom stereocenters. The summed E-state index contributed by atoms with van der Waals surface area (Å²) in [6.07, 6.45) is 2.23. The Hall–Kier alpha value is -1.03. The number of carbonyl (C=O) groups is 1. The molecule has 1 heterocycles. The van der Waals surface area contributed by atoms with E-state index in [1.54, 1.807) is 0 Å². The van der Waals surface area contributed by atoms with Gasteiger partial charge in [0, 0.05) is 23.2 Å². The van der Waals surface area contributed by atoms with Crippen LogP contribution in [0.5, 0.6) is 0 Å². The number of hydrogen-bond donors (Lipinski definition) is 1. The van der Waals surface area contributed by atoms with E-state index in [4.69, 9.17) is 0 Å². The molecule has 1 aliphatic heterocycles. The Kier molecular flexibility index (Phi) is 3.72. The summed E-state index contributed by atoms with van der Waals surface area (Å²) in [6.45, 7) is 5.81. The van der Waals surface area contributed by atoms with Crippen LogP contribution in [-0.4, -0.2) is 24.0 Å². The molecule has 2 amide bonds. The molecule has 0 aliphatic carbocycles. The number of halogens is 1. The maximum atomic E-state index is 11.9. The van der Waals surface area contributed by atoms with Crippen molar-refractivity contribution < 1.29 is 4.79 Å². The normalized spacial score (nSPS) is 15.1. The van der Waals surface area contributed by atoms with E-state index in [0.717, 1.165) is 47.2 Å². The predicted molar refractivity (Wildman–Crippen MR) is 73.4 cm³/mol. The van der Waals surface area contributed by atoms with E-state index in [0.29, 0.717) is 0 Å². The molecule has 1 aliphatic rings. The molecule has 1 saturated heterocycles. The molecule has 17 heavy (non-hydrogen) atoms. The third-order valence-corrected chi connectivity index (χ3v) is 4.33. The number of nitrogens with zero attached hydrogens (tertiary/aromatic N) is 1. The van der Waals surface area contributed by atoms with Crippen LogP contribution in [-0.2, 0) is 0 Å². The Morgan fingerprint density at radius 1 is 1.24 bits per heavy atom. The summed E-state index contributed by atoms with van der Waals surface area (Å²) in [6, 6.07) is 4.00. The largest absolute Gasteiger partial charge is 0.325 e. The summed E-state index contributed by atoms with van der Waals surface area (Å²) >= 11 is 3.52. The van der Waals surface area contributed by atoms with Crippen LogP contribution in [0.15, 0.2) is 16.6 Å². The Morgan fingerprint density at radius 2 is 1.76 bits per heavy atom. The Bertz CT molecular complexity index is 416.